The van der Waals surface area contributed by atoms with Crippen molar-refractivity contribution in [3.8, 4) is 0 Å². The molecule has 0 aliphatic carbocycles. The van der Waals surface area contributed by atoms with Crippen molar-refractivity contribution in [3.05, 3.63) is 18.3 Å². The van der Waals surface area contributed by atoms with Crippen molar-refractivity contribution in [1.82, 2.24) is 4.98 Å². The summed E-state index contributed by atoms with van der Waals surface area (Å²) in [7, 11) is 0. The van der Waals surface area contributed by atoms with Crippen LogP contribution in [0.4, 0.5) is 11.5 Å². The number of nitrogens with one attached hydrogen (secondary N) is 1. The van der Waals surface area contributed by atoms with Gasteiger partial charge in [0.2, 0.25) is 5.91 Å². The largest absolute Gasteiger partial charge is 0.370 e. The number of carbonyl (C=O) groups is 1. The molecule has 2 heterocycles. The van der Waals surface area contributed by atoms with Gasteiger partial charge in [0.15, 0.2) is 0 Å². The Bertz CT molecular complexity index is 396. The molecule has 0 spiro atoms. The zero-order chi connectivity index (χ0) is 13.5. The van der Waals surface area contributed by atoms with Crippen LogP contribution in [0.2, 0.25) is 0 Å². The summed E-state index contributed by atoms with van der Waals surface area (Å²) in [4.78, 5) is 18.3. The highest BCUT2D eigenvalue weighted by molar-refractivity contribution is 5.89. The third kappa shape index (κ3) is 4.23. The Labute approximate surface area is 115 Å². The van der Waals surface area contributed by atoms with Gasteiger partial charge in [0, 0.05) is 19.5 Å². The predicted octanol–water partition coefficient (Wildman–Crippen LogP) is 3.20. The van der Waals surface area contributed by atoms with E-state index in [-0.39, 0.29) is 5.91 Å². The van der Waals surface area contributed by atoms with E-state index in [0.717, 1.165) is 31.6 Å². The van der Waals surface area contributed by atoms with Gasteiger partial charge in [-0.25, -0.2) is 4.98 Å². The molecule has 0 aromatic carbocycles. The normalized spacial score (nSPS) is 15.3. The van der Waals surface area contributed by atoms with Gasteiger partial charge in [0.1, 0.15) is 5.82 Å². The monoisotopic (exact) mass is 261 g/mol. The maximum Gasteiger partial charge on any atom is 0.225 e. The first-order chi connectivity index (χ1) is 9.29. The summed E-state index contributed by atoms with van der Waals surface area (Å²) in [5.74, 6) is 0.710. The van der Waals surface area contributed by atoms with Crippen LogP contribution in [0.15, 0.2) is 18.3 Å². The van der Waals surface area contributed by atoms with Gasteiger partial charge in [-0.05, 0) is 37.8 Å². The van der Waals surface area contributed by atoms with E-state index in [0.29, 0.717) is 12.2 Å². The van der Waals surface area contributed by atoms with Crippen LogP contribution in [0.5, 0.6) is 0 Å². The van der Waals surface area contributed by atoms with E-state index in [1.165, 1.54) is 19.3 Å². The van der Waals surface area contributed by atoms with Crippen LogP contribution in [-0.2, 0) is 4.79 Å². The molecule has 1 aliphatic heterocycles. The first-order valence-electron chi connectivity index (χ1n) is 7.30. The highest BCUT2D eigenvalue weighted by Crippen LogP contribution is 2.19. The van der Waals surface area contributed by atoms with Crippen LogP contribution < -0.4 is 10.2 Å². The molecule has 1 N–H and O–H groups in total. The van der Waals surface area contributed by atoms with Gasteiger partial charge in [0.05, 0.1) is 11.9 Å². The van der Waals surface area contributed by atoms with Gasteiger partial charge in [-0.2, -0.15) is 0 Å². The number of hydrogen-bond acceptors (Lipinski definition) is 3. The molecule has 4 heteroatoms. The molecule has 1 amide bonds. The Morgan fingerprint density at radius 2 is 2.11 bits per heavy atom. The second-order valence-electron chi connectivity index (χ2n) is 5.10. The molecule has 19 heavy (non-hydrogen) atoms. The molecule has 1 fully saturated rings. The molecule has 1 aliphatic rings. The lowest BCUT2D eigenvalue weighted by Gasteiger charge is -2.28. The summed E-state index contributed by atoms with van der Waals surface area (Å²) in [6, 6.07) is 3.95. The molecule has 104 valence electrons. The number of carbonyl (C=O) groups excluding carboxylic acids is 1. The van der Waals surface area contributed by atoms with Crippen LogP contribution >= 0.6 is 0 Å². The van der Waals surface area contributed by atoms with Gasteiger partial charge in [-0.3, -0.25) is 4.79 Å². The fraction of sp³-hybridized carbons (Fsp3) is 0.600. The van der Waals surface area contributed by atoms with Gasteiger partial charge < -0.3 is 10.2 Å². The van der Waals surface area contributed by atoms with E-state index in [2.05, 4.69) is 22.1 Å². The summed E-state index contributed by atoms with van der Waals surface area (Å²) >= 11 is 0. The number of anilines is 2. The standard InChI is InChI=1S/C15H23N3O/c1-2-3-7-15(19)17-14-9-8-13(12-16-14)18-10-5-4-6-11-18/h8-9,12H,2-7,10-11H2,1H3,(H,16,17,19). The lowest BCUT2D eigenvalue weighted by molar-refractivity contribution is -0.116. The van der Waals surface area contributed by atoms with Gasteiger partial charge in [-0.1, -0.05) is 13.3 Å². The van der Waals surface area contributed by atoms with Crippen molar-refractivity contribution in [3.63, 3.8) is 0 Å². The first kappa shape index (κ1) is 13.8. The summed E-state index contributed by atoms with van der Waals surface area (Å²) < 4.78 is 0. The molecule has 0 atom stereocenters. The number of rotatable bonds is 5. The van der Waals surface area contributed by atoms with Gasteiger partial charge in [0.25, 0.3) is 0 Å². The topological polar surface area (TPSA) is 45.2 Å². The zero-order valence-corrected chi connectivity index (χ0v) is 11.7. The molecule has 0 bridgehead atoms. The SMILES string of the molecule is CCCCC(=O)Nc1ccc(N2CCCCC2)cn1. The van der Waals surface area contributed by atoms with Crippen molar-refractivity contribution in [1.29, 1.82) is 0 Å². The number of pyridine rings is 1. The Kier molecular flexibility index (Phi) is 5.19. The van der Waals surface area contributed by atoms with Crippen molar-refractivity contribution in [2.45, 2.75) is 45.4 Å². The van der Waals surface area contributed by atoms with Crippen LogP contribution in [0, 0.1) is 0 Å². The zero-order valence-electron chi connectivity index (χ0n) is 11.7. The third-order valence-corrected chi connectivity index (χ3v) is 3.49. The first-order valence-corrected chi connectivity index (χ1v) is 7.30. The molecule has 1 aromatic heterocycles. The van der Waals surface area contributed by atoms with Crippen LogP contribution in [0.25, 0.3) is 0 Å². The number of hydrogen-bond donors (Lipinski definition) is 1. The smallest absolute Gasteiger partial charge is 0.225 e. The quantitative estimate of drug-likeness (QED) is 0.885. The molecule has 1 aromatic rings. The lowest BCUT2D eigenvalue weighted by Crippen LogP contribution is -2.29. The summed E-state index contributed by atoms with van der Waals surface area (Å²) in [6.07, 6.45) is 8.25. The molecule has 2 rings (SSSR count). The number of nitrogens with zero attached hydrogens (tertiary/aromatic N) is 2. The molecular weight excluding hydrogens is 238 g/mol. The predicted molar refractivity (Wildman–Crippen MR) is 78.5 cm³/mol. The summed E-state index contributed by atoms with van der Waals surface area (Å²) in [6.45, 7) is 4.31. The van der Waals surface area contributed by atoms with E-state index in [9.17, 15) is 4.79 Å². The summed E-state index contributed by atoms with van der Waals surface area (Å²) in [5, 5.41) is 2.84. The van der Waals surface area contributed by atoms with E-state index in [4.69, 9.17) is 0 Å². The van der Waals surface area contributed by atoms with Crippen molar-refractivity contribution in [2.75, 3.05) is 23.3 Å². The average Bonchev–Trinajstić information content (AvgIpc) is 2.47. The number of unbranched alkanes of at least 4 members (excludes halogenated alkanes) is 1. The van der Waals surface area contributed by atoms with E-state index in [1.807, 2.05) is 18.3 Å². The lowest BCUT2D eigenvalue weighted by atomic mass is 10.1. The van der Waals surface area contributed by atoms with Crippen LogP contribution in [0.1, 0.15) is 45.4 Å². The summed E-state index contributed by atoms with van der Waals surface area (Å²) in [5.41, 5.74) is 1.16. The molecule has 4 nitrogen and oxygen atoms in total. The Morgan fingerprint density at radius 3 is 2.74 bits per heavy atom. The molecule has 1 saturated heterocycles. The molecule has 0 radical (unpaired) electrons. The minimum absolute atomic E-state index is 0.0556. The van der Waals surface area contributed by atoms with E-state index in [1.54, 1.807) is 0 Å². The third-order valence-electron chi connectivity index (χ3n) is 3.49. The molecule has 0 unspecified atom stereocenters. The van der Waals surface area contributed by atoms with Gasteiger partial charge in [-0.15, -0.1) is 0 Å². The maximum atomic E-state index is 11.6. The Morgan fingerprint density at radius 1 is 1.32 bits per heavy atom. The van der Waals surface area contributed by atoms with Crippen molar-refractivity contribution >= 4 is 17.4 Å². The fourth-order valence-electron chi connectivity index (χ4n) is 2.34. The van der Waals surface area contributed by atoms with Crippen molar-refractivity contribution < 1.29 is 4.79 Å². The highest BCUT2D eigenvalue weighted by atomic mass is 16.1. The molecule has 0 saturated carbocycles. The number of piperidine rings is 1. The average molecular weight is 261 g/mol. The maximum absolute atomic E-state index is 11.6. The van der Waals surface area contributed by atoms with Crippen LogP contribution in [0.3, 0.4) is 0 Å². The Balaban J connectivity index is 1.88. The minimum Gasteiger partial charge on any atom is -0.370 e. The highest BCUT2D eigenvalue weighted by Gasteiger charge is 2.11. The molecular formula is C15H23N3O. The van der Waals surface area contributed by atoms with E-state index < -0.39 is 0 Å². The van der Waals surface area contributed by atoms with Gasteiger partial charge >= 0.3 is 0 Å². The van der Waals surface area contributed by atoms with Crippen LogP contribution in [-0.4, -0.2) is 24.0 Å². The Hall–Kier alpha value is -1.58. The van der Waals surface area contributed by atoms with Crippen molar-refractivity contribution in [2.24, 2.45) is 0 Å². The number of amides is 1. The fourth-order valence-corrected chi connectivity index (χ4v) is 2.34. The second kappa shape index (κ2) is 7.12. The van der Waals surface area contributed by atoms with E-state index >= 15 is 0 Å². The minimum atomic E-state index is 0.0556. The second-order valence-corrected chi connectivity index (χ2v) is 5.10. The number of aromatic nitrogens is 1.